The van der Waals surface area contributed by atoms with Crippen LogP contribution in [0.15, 0.2) is 54.7 Å². The third kappa shape index (κ3) is 4.56. The number of rotatable bonds is 5. The van der Waals surface area contributed by atoms with E-state index in [9.17, 15) is 9.59 Å². The molecule has 2 amide bonds. The molecule has 0 aliphatic heterocycles. The number of anilines is 2. The number of amides is 2. The molecule has 0 fully saturated rings. The average Bonchev–Trinajstić information content (AvgIpc) is 3.01. The lowest BCUT2D eigenvalue weighted by atomic mass is 10.1. The van der Waals surface area contributed by atoms with Gasteiger partial charge in [0, 0.05) is 17.1 Å². The minimum atomic E-state index is -1.11. The highest BCUT2D eigenvalue weighted by molar-refractivity contribution is 6.30. The minimum absolute atomic E-state index is 0.161. The van der Waals surface area contributed by atoms with E-state index in [4.69, 9.17) is 22.4 Å². The maximum absolute atomic E-state index is 12.4. The van der Waals surface area contributed by atoms with Crippen molar-refractivity contribution in [1.82, 2.24) is 15.1 Å². The highest BCUT2D eigenvalue weighted by atomic mass is 35.5. The highest BCUT2D eigenvalue weighted by Crippen LogP contribution is 2.21. The second kappa shape index (κ2) is 7.79. The summed E-state index contributed by atoms with van der Waals surface area (Å²) < 4.78 is 1.53. The van der Waals surface area contributed by atoms with Crippen LogP contribution in [0.1, 0.15) is 15.9 Å². The Kier molecular flexibility index (Phi) is 5.28. The molecule has 3 aromatic rings. The van der Waals surface area contributed by atoms with Crippen molar-refractivity contribution in [3.8, 4) is 5.69 Å². The summed E-state index contributed by atoms with van der Waals surface area (Å²) in [5.74, 6) is -0.146. The zero-order valence-electron chi connectivity index (χ0n) is 14.0. The molecule has 5 N–H and O–H groups in total. The predicted molar refractivity (Wildman–Crippen MR) is 102 cm³/mol. The molecule has 0 spiro atoms. The minimum Gasteiger partial charge on any atom is -0.465 e. The van der Waals surface area contributed by atoms with E-state index in [0.29, 0.717) is 22.0 Å². The maximum Gasteiger partial charge on any atom is 0.404 e. The molecular formula is C18H16ClN5O3. The SMILES string of the molecule is Nc1cn(-c2cccc(Cl)c2)nc1NC(=O)c1ccc(CNC(=O)O)cc1. The smallest absolute Gasteiger partial charge is 0.404 e. The number of carboxylic acid groups (broad SMARTS) is 1. The van der Waals surface area contributed by atoms with Gasteiger partial charge in [-0.1, -0.05) is 29.8 Å². The molecule has 9 heteroatoms. The molecule has 0 aliphatic carbocycles. The molecule has 1 aromatic heterocycles. The zero-order valence-corrected chi connectivity index (χ0v) is 14.8. The standard InChI is InChI=1S/C18H16ClN5O3/c19-13-2-1-3-14(8-13)24-10-15(20)16(23-24)22-17(25)12-6-4-11(5-7-12)9-21-18(26)27/h1-8,10,21H,9,20H2,(H,26,27)(H,22,23,25). The highest BCUT2D eigenvalue weighted by Gasteiger charge is 2.13. The topological polar surface area (TPSA) is 122 Å². The molecule has 0 bridgehead atoms. The molecule has 1 heterocycles. The van der Waals surface area contributed by atoms with Crippen LogP contribution in [0.4, 0.5) is 16.3 Å². The van der Waals surface area contributed by atoms with Gasteiger partial charge in [-0.05, 0) is 35.9 Å². The first kappa shape index (κ1) is 18.3. The van der Waals surface area contributed by atoms with Crippen LogP contribution in [0, 0.1) is 0 Å². The van der Waals surface area contributed by atoms with E-state index >= 15 is 0 Å². The van der Waals surface area contributed by atoms with Crippen LogP contribution in [-0.4, -0.2) is 26.9 Å². The van der Waals surface area contributed by atoms with Crippen molar-refractivity contribution in [2.45, 2.75) is 6.54 Å². The van der Waals surface area contributed by atoms with Crippen LogP contribution in [0.5, 0.6) is 0 Å². The lowest BCUT2D eigenvalue weighted by Crippen LogP contribution is -2.20. The molecule has 0 atom stereocenters. The number of nitrogens with two attached hydrogens (primary N) is 1. The number of carbonyl (C=O) groups excluding carboxylic acids is 1. The Bertz CT molecular complexity index is 985. The Morgan fingerprint density at radius 2 is 1.93 bits per heavy atom. The zero-order chi connectivity index (χ0) is 19.4. The van der Waals surface area contributed by atoms with Crippen molar-refractivity contribution in [1.29, 1.82) is 0 Å². The summed E-state index contributed by atoms with van der Waals surface area (Å²) in [4.78, 5) is 22.9. The van der Waals surface area contributed by atoms with Gasteiger partial charge >= 0.3 is 6.09 Å². The number of halogens is 1. The van der Waals surface area contributed by atoms with Crippen LogP contribution in [0.2, 0.25) is 5.02 Å². The van der Waals surface area contributed by atoms with E-state index < -0.39 is 6.09 Å². The van der Waals surface area contributed by atoms with Gasteiger partial charge in [0.2, 0.25) is 0 Å². The average molecular weight is 386 g/mol. The molecule has 0 aliphatic rings. The largest absolute Gasteiger partial charge is 0.465 e. The second-order valence-electron chi connectivity index (χ2n) is 5.67. The molecule has 138 valence electrons. The Labute approximate surface area is 159 Å². The van der Waals surface area contributed by atoms with E-state index in [0.717, 1.165) is 5.56 Å². The first-order valence-corrected chi connectivity index (χ1v) is 8.28. The molecule has 8 nitrogen and oxygen atoms in total. The van der Waals surface area contributed by atoms with Gasteiger partial charge in [-0.15, -0.1) is 5.10 Å². The maximum atomic E-state index is 12.4. The van der Waals surface area contributed by atoms with Gasteiger partial charge in [0.15, 0.2) is 5.82 Å². The molecule has 0 radical (unpaired) electrons. The first-order chi connectivity index (χ1) is 12.9. The van der Waals surface area contributed by atoms with Crippen molar-refractivity contribution in [2.75, 3.05) is 11.1 Å². The van der Waals surface area contributed by atoms with Crippen LogP contribution in [-0.2, 0) is 6.54 Å². The number of nitrogens with zero attached hydrogens (tertiary/aromatic N) is 2. The van der Waals surface area contributed by atoms with E-state index in [1.807, 2.05) is 6.07 Å². The number of hydrogen-bond donors (Lipinski definition) is 4. The van der Waals surface area contributed by atoms with Gasteiger partial charge in [-0.3, -0.25) is 4.79 Å². The molecular weight excluding hydrogens is 370 g/mol. The van der Waals surface area contributed by atoms with Crippen LogP contribution >= 0.6 is 11.6 Å². The second-order valence-corrected chi connectivity index (χ2v) is 6.10. The third-order valence-corrected chi connectivity index (χ3v) is 3.94. The summed E-state index contributed by atoms with van der Waals surface area (Å²) in [6.07, 6.45) is 0.477. The van der Waals surface area contributed by atoms with E-state index in [1.54, 1.807) is 48.7 Å². The van der Waals surface area contributed by atoms with Crippen molar-refractivity contribution in [3.05, 3.63) is 70.9 Å². The molecule has 0 unspecified atom stereocenters. The Balaban J connectivity index is 1.71. The number of hydrogen-bond acceptors (Lipinski definition) is 4. The lowest BCUT2D eigenvalue weighted by molar-refractivity contribution is 0.102. The quantitative estimate of drug-likeness (QED) is 0.537. The molecule has 0 saturated carbocycles. The third-order valence-electron chi connectivity index (χ3n) is 3.71. The van der Waals surface area contributed by atoms with Crippen molar-refractivity contribution in [3.63, 3.8) is 0 Å². The summed E-state index contributed by atoms with van der Waals surface area (Å²) in [6, 6.07) is 13.6. The van der Waals surface area contributed by atoms with Gasteiger partial charge in [-0.2, -0.15) is 0 Å². The van der Waals surface area contributed by atoms with Gasteiger partial charge in [0.1, 0.15) is 0 Å². The van der Waals surface area contributed by atoms with Crippen LogP contribution in [0.25, 0.3) is 5.69 Å². The fourth-order valence-electron chi connectivity index (χ4n) is 2.37. The van der Waals surface area contributed by atoms with Crippen molar-refractivity contribution >= 4 is 35.1 Å². The fraction of sp³-hybridized carbons (Fsp3) is 0.0556. The van der Waals surface area contributed by atoms with Gasteiger partial charge in [0.25, 0.3) is 5.91 Å². The van der Waals surface area contributed by atoms with Gasteiger partial charge in [-0.25, -0.2) is 9.48 Å². The van der Waals surface area contributed by atoms with Crippen molar-refractivity contribution < 1.29 is 14.7 Å². The Hall–Kier alpha value is -3.52. The summed E-state index contributed by atoms with van der Waals surface area (Å²) in [6.45, 7) is 0.161. The predicted octanol–water partition coefficient (Wildman–Crippen LogP) is 3.13. The number of nitrogens with one attached hydrogen (secondary N) is 2. The van der Waals surface area contributed by atoms with Crippen molar-refractivity contribution in [2.24, 2.45) is 0 Å². The summed E-state index contributed by atoms with van der Waals surface area (Å²) >= 11 is 5.98. The van der Waals surface area contributed by atoms with Gasteiger partial charge < -0.3 is 21.5 Å². The number of aromatic nitrogens is 2. The van der Waals surface area contributed by atoms with E-state index in [2.05, 4.69) is 15.7 Å². The fourth-order valence-corrected chi connectivity index (χ4v) is 2.55. The summed E-state index contributed by atoms with van der Waals surface area (Å²) in [7, 11) is 0. The Morgan fingerprint density at radius 1 is 1.19 bits per heavy atom. The Morgan fingerprint density at radius 3 is 2.59 bits per heavy atom. The van der Waals surface area contributed by atoms with Crippen LogP contribution < -0.4 is 16.4 Å². The first-order valence-electron chi connectivity index (χ1n) is 7.90. The number of nitrogen functional groups attached to an aromatic ring is 1. The monoisotopic (exact) mass is 385 g/mol. The van der Waals surface area contributed by atoms with E-state index in [1.165, 1.54) is 4.68 Å². The summed E-state index contributed by atoms with van der Waals surface area (Å²) in [5, 5.41) is 18.4. The number of benzene rings is 2. The molecule has 0 saturated heterocycles. The number of carbonyl (C=O) groups is 2. The summed E-state index contributed by atoms with van der Waals surface area (Å²) in [5.41, 5.74) is 8.09. The molecule has 3 rings (SSSR count). The lowest BCUT2D eigenvalue weighted by Gasteiger charge is -2.05. The van der Waals surface area contributed by atoms with Gasteiger partial charge in [0.05, 0.1) is 17.6 Å². The van der Waals surface area contributed by atoms with Crippen LogP contribution in [0.3, 0.4) is 0 Å². The molecule has 2 aromatic carbocycles. The van der Waals surface area contributed by atoms with E-state index in [-0.39, 0.29) is 18.3 Å². The molecule has 27 heavy (non-hydrogen) atoms. The normalized spacial score (nSPS) is 10.4.